The monoisotopic (exact) mass is 309 g/mol. The Morgan fingerprint density at radius 1 is 1.10 bits per heavy atom. The van der Waals surface area contributed by atoms with E-state index >= 15 is 0 Å². The van der Waals surface area contributed by atoms with Gasteiger partial charge in [-0.25, -0.2) is 8.78 Å². The van der Waals surface area contributed by atoms with Crippen LogP contribution in [0.25, 0.3) is 0 Å². The Morgan fingerprint density at radius 3 is 2.24 bits per heavy atom. The molecule has 0 N–H and O–H groups in total. The van der Waals surface area contributed by atoms with Crippen molar-refractivity contribution in [1.29, 1.82) is 0 Å². The van der Waals surface area contributed by atoms with Crippen molar-refractivity contribution in [3.63, 3.8) is 0 Å². The maximum Gasteiger partial charge on any atom is 0.182 e. The van der Waals surface area contributed by atoms with E-state index in [0.29, 0.717) is 11.6 Å². The highest BCUT2D eigenvalue weighted by molar-refractivity contribution is 6.30. The molecule has 0 aliphatic rings. The Balaban J connectivity index is 2.04. The zero-order valence-electron chi connectivity index (χ0n) is 11.4. The topological polar surface area (TPSA) is 20.3 Å². The molecule has 2 nitrogen and oxygen atoms in total. The lowest BCUT2D eigenvalue weighted by Gasteiger charge is -2.16. The van der Waals surface area contributed by atoms with Crippen LogP contribution < -0.4 is 0 Å². The van der Waals surface area contributed by atoms with Crippen LogP contribution in [0.5, 0.6) is 0 Å². The van der Waals surface area contributed by atoms with Gasteiger partial charge >= 0.3 is 0 Å². The van der Waals surface area contributed by atoms with Gasteiger partial charge in [-0.3, -0.25) is 9.69 Å². The molecular weight excluding hydrogens is 296 g/mol. The third-order valence-electron chi connectivity index (χ3n) is 3.02. The van der Waals surface area contributed by atoms with Crippen LogP contribution in [0.2, 0.25) is 5.02 Å². The fraction of sp³-hybridized carbons (Fsp3) is 0.188. The van der Waals surface area contributed by atoms with Crippen LogP contribution in [0.4, 0.5) is 8.78 Å². The maximum atomic E-state index is 13.5. The van der Waals surface area contributed by atoms with Crippen molar-refractivity contribution < 1.29 is 13.6 Å². The van der Waals surface area contributed by atoms with Gasteiger partial charge in [-0.2, -0.15) is 0 Å². The van der Waals surface area contributed by atoms with Gasteiger partial charge in [-0.1, -0.05) is 29.8 Å². The second kappa shape index (κ2) is 6.78. The third kappa shape index (κ3) is 4.09. The molecule has 0 heterocycles. The van der Waals surface area contributed by atoms with Gasteiger partial charge in [0.15, 0.2) is 5.78 Å². The van der Waals surface area contributed by atoms with E-state index in [9.17, 15) is 13.6 Å². The first kappa shape index (κ1) is 15.6. The average molecular weight is 310 g/mol. The number of nitrogens with zero attached hydrogens (tertiary/aromatic N) is 1. The zero-order valence-corrected chi connectivity index (χ0v) is 12.2. The molecule has 0 amide bonds. The molecule has 2 aromatic rings. The number of ketones is 1. The highest BCUT2D eigenvalue weighted by Gasteiger charge is 2.18. The molecule has 5 heteroatoms. The summed E-state index contributed by atoms with van der Waals surface area (Å²) in [6.07, 6.45) is 0. The summed E-state index contributed by atoms with van der Waals surface area (Å²) >= 11 is 5.80. The Hall–Kier alpha value is -1.78. The van der Waals surface area contributed by atoms with Gasteiger partial charge < -0.3 is 0 Å². The predicted octanol–water partition coefficient (Wildman–Crippen LogP) is 3.93. The second-order valence-corrected chi connectivity index (χ2v) is 5.26. The van der Waals surface area contributed by atoms with E-state index in [1.807, 2.05) is 12.1 Å². The molecule has 0 saturated carbocycles. The molecule has 110 valence electrons. The van der Waals surface area contributed by atoms with Gasteiger partial charge in [-0.05, 0) is 36.9 Å². The summed E-state index contributed by atoms with van der Waals surface area (Å²) < 4.78 is 27.1. The van der Waals surface area contributed by atoms with Crippen molar-refractivity contribution in [1.82, 2.24) is 4.90 Å². The molecule has 0 aliphatic carbocycles. The van der Waals surface area contributed by atoms with E-state index in [0.717, 1.165) is 17.7 Å². The summed E-state index contributed by atoms with van der Waals surface area (Å²) in [4.78, 5) is 13.7. The minimum absolute atomic E-state index is 0.0690. The zero-order chi connectivity index (χ0) is 15.4. The molecular formula is C16H14ClF2NO. The van der Waals surface area contributed by atoms with E-state index in [1.165, 1.54) is 6.07 Å². The number of Topliss-reactive ketones (excluding diaryl/α,β-unsaturated/α-hetero) is 1. The fourth-order valence-electron chi connectivity index (χ4n) is 2.05. The van der Waals surface area contributed by atoms with Crippen LogP contribution >= 0.6 is 11.6 Å². The normalized spacial score (nSPS) is 10.9. The first-order chi connectivity index (χ1) is 9.97. The van der Waals surface area contributed by atoms with E-state index in [4.69, 9.17) is 11.6 Å². The molecule has 2 rings (SSSR count). The van der Waals surface area contributed by atoms with Gasteiger partial charge in [0.2, 0.25) is 0 Å². The molecule has 2 aromatic carbocycles. The van der Waals surface area contributed by atoms with Crippen molar-refractivity contribution in [2.75, 3.05) is 13.6 Å². The van der Waals surface area contributed by atoms with Gasteiger partial charge in [0, 0.05) is 11.6 Å². The largest absolute Gasteiger partial charge is 0.295 e. The van der Waals surface area contributed by atoms with Gasteiger partial charge in [0.1, 0.15) is 11.6 Å². The van der Waals surface area contributed by atoms with Crippen LogP contribution in [-0.4, -0.2) is 24.3 Å². The smallest absolute Gasteiger partial charge is 0.182 e. The summed E-state index contributed by atoms with van der Waals surface area (Å²) in [5.41, 5.74) is 0.476. The van der Waals surface area contributed by atoms with Crippen molar-refractivity contribution in [3.8, 4) is 0 Å². The number of hydrogen-bond acceptors (Lipinski definition) is 2. The summed E-state index contributed by atoms with van der Waals surface area (Å²) in [5.74, 6) is -2.25. The molecule has 0 fully saturated rings. The SMILES string of the molecule is CN(CC(=O)c1c(F)cccc1F)Cc1ccc(Cl)cc1. The molecule has 0 unspecified atom stereocenters. The van der Waals surface area contributed by atoms with Gasteiger partial charge in [0.25, 0.3) is 0 Å². The summed E-state index contributed by atoms with van der Waals surface area (Å²) in [5, 5.41) is 0.630. The van der Waals surface area contributed by atoms with Crippen molar-refractivity contribution in [3.05, 3.63) is 70.2 Å². The van der Waals surface area contributed by atoms with E-state index in [1.54, 1.807) is 24.1 Å². The molecule has 0 atom stereocenters. The predicted molar refractivity (Wildman–Crippen MR) is 78.5 cm³/mol. The van der Waals surface area contributed by atoms with E-state index < -0.39 is 23.0 Å². The molecule has 0 spiro atoms. The Labute approximate surface area is 127 Å². The molecule has 0 aromatic heterocycles. The van der Waals surface area contributed by atoms with Crippen molar-refractivity contribution >= 4 is 17.4 Å². The van der Waals surface area contributed by atoms with Crippen LogP contribution in [0.3, 0.4) is 0 Å². The first-order valence-corrected chi connectivity index (χ1v) is 6.75. The summed E-state index contributed by atoms with van der Waals surface area (Å²) in [6.45, 7) is 0.416. The minimum atomic E-state index is -0.833. The van der Waals surface area contributed by atoms with Gasteiger partial charge in [0.05, 0.1) is 12.1 Å². The Kier molecular flexibility index (Phi) is 5.04. The first-order valence-electron chi connectivity index (χ1n) is 6.37. The van der Waals surface area contributed by atoms with Crippen molar-refractivity contribution in [2.24, 2.45) is 0 Å². The quantitative estimate of drug-likeness (QED) is 0.780. The highest BCUT2D eigenvalue weighted by Crippen LogP contribution is 2.14. The lowest BCUT2D eigenvalue weighted by atomic mass is 10.1. The van der Waals surface area contributed by atoms with Crippen molar-refractivity contribution in [2.45, 2.75) is 6.54 Å². The number of carbonyl (C=O) groups excluding carboxylic acids is 1. The minimum Gasteiger partial charge on any atom is -0.295 e. The average Bonchev–Trinajstić information content (AvgIpc) is 2.41. The standard InChI is InChI=1S/C16H14ClF2NO/c1-20(9-11-5-7-12(17)8-6-11)10-15(21)16-13(18)3-2-4-14(16)19/h2-8H,9-10H2,1H3. The Bertz CT molecular complexity index is 623. The molecule has 0 saturated heterocycles. The Morgan fingerprint density at radius 2 is 1.67 bits per heavy atom. The molecule has 21 heavy (non-hydrogen) atoms. The number of benzene rings is 2. The third-order valence-corrected chi connectivity index (χ3v) is 3.27. The van der Waals surface area contributed by atoms with Crippen LogP contribution in [-0.2, 0) is 6.54 Å². The molecule has 0 radical (unpaired) electrons. The van der Waals surface area contributed by atoms with Crippen LogP contribution in [0.1, 0.15) is 15.9 Å². The van der Waals surface area contributed by atoms with Gasteiger partial charge in [-0.15, -0.1) is 0 Å². The number of carbonyl (C=O) groups is 1. The number of likely N-dealkylation sites (N-methyl/N-ethyl adjacent to an activating group) is 1. The lowest BCUT2D eigenvalue weighted by Crippen LogP contribution is -2.26. The lowest BCUT2D eigenvalue weighted by molar-refractivity contribution is 0.0934. The van der Waals surface area contributed by atoms with E-state index in [2.05, 4.69) is 0 Å². The van der Waals surface area contributed by atoms with E-state index in [-0.39, 0.29) is 6.54 Å². The summed E-state index contributed by atoms with van der Waals surface area (Å²) in [7, 11) is 1.71. The number of halogens is 3. The highest BCUT2D eigenvalue weighted by atomic mass is 35.5. The number of hydrogen-bond donors (Lipinski definition) is 0. The number of rotatable bonds is 5. The molecule has 0 bridgehead atoms. The summed E-state index contributed by atoms with van der Waals surface area (Å²) in [6, 6.07) is 10.6. The van der Waals surface area contributed by atoms with Crippen LogP contribution in [0.15, 0.2) is 42.5 Å². The second-order valence-electron chi connectivity index (χ2n) is 4.82. The maximum absolute atomic E-state index is 13.5. The van der Waals surface area contributed by atoms with Crippen LogP contribution in [0, 0.1) is 11.6 Å². The molecule has 0 aliphatic heterocycles. The fourth-order valence-corrected chi connectivity index (χ4v) is 2.17.